The fraction of sp³-hybridized carbons (Fsp3) is 0.0556. The number of carbonyl (C=O) groups excluding carboxylic acids is 2. The van der Waals surface area contributed by atoms with E-state index in [9.17, 15) is 14.7 Å². The minimum absolute atomic E-state index is 0.114. The normalized spacial score (nSPS) is 15.3. The Kier molecular flexibility index (Phi) is 4.85. The second-order valence-electron chi connectivity index (χ2n) is 5.18. The lowest BCUT2D eigenvalue weighted by Crippen LogP contribution is -2.22. The van der Waals surface area contributed by atoms with Crippen LogP contribution < -0.4 is 15.6 Å². The molecule has 0 spiro atoms. The van der Waals surface area contributed by atoms with E-state index < -0.39 is 5.97 Å². The van der Waals surface area contributed by atoms with E-state index in [-0.39, 0.29) is 23.2 Å². The molecule has 0 radical (unpaired) electrons. The van der Waals surface area contributed by atoms with Crippen LogP contribution >= 0.6 is 11.8 Å². The Morgan fingerprint density at radius 2 is 1.92 bits per heavy atom. The number of hydrogen-bond acceptors (Lipinski definition) is 6. The average molecular weight is 353 g/mol. The molecule has 0 saturated carbocycles. The maximum absolute atomic E-state index is 11.7. The molecule has 126 valence electrons. The van der Waals surface area contributed by atoms with Crippen molar-refractivity contribution >= 4 is 34.9 Å². The Bertz CT molecular complexity index is 888. The van der Waals surface area contributed by atoms with Crippen molar-refractivity contribution in [3.63, 3.8) is 0 Å². The summed E-state index contributed by atoms with van der Waals surface area (Å²) in [6, 6.07) is 13.5. The van der Waals surface area contributed by atoms with E-state index in [1.807, 2.05) is 18.2 Å². The van der Waals surface area contributed by atoms with Crippen molar-refractivity contribution in [3.8, 4) is 5.75 Å². The number of carboxylic acids is 1. The second kappa shape index (κ2) is 7.23. The first-order valence-electron chi connectivity index (χ1n) is 7.33. The highest BCUT2D eigenvalue weighted by molar-refractivity contribution is 8.18. The first-order chi connectivity index (χ1) is 12.0. The summed E-state index contributed by atoms with van der Waals surface area (Å²) in [5.41, 5.74) is 7.21. The lowest BCUT2D eigenvalue weighted by molar-refractivity contribution is -0.255. The summed E-state index contributed by atoms with van der Waals surface area (Å²) in [6.45, 7) is 0.257. The molecule has 0 unspecified atom stereocenters. The summed E-state index contributed by atoms with van der Waals surface area (Å²) < 4.78 is 5.80. The van der Waals surface area contributed by atoms with Gasteiger partial charge in [-0.2, -0.15) is 4.99 Å². The number of nitrogens with two attached hydrogens (primary N) is 1. The molecule has 3 rings (SSSR count). The van der Waals surface area contributed by atoms with Gasteiger partial charge >= 0.3 is 0 Å². The predicted molar refractivity (Wildman–Crippen MR) is 93.7 cm³/mol. The Morgan fingerprint density at radius 1 is 1.20 bits per heavy atom. The minimum Gasteiger partial charge on any atom is -0.545 e. The maximum atomic E-state index is 11.7. The van der Waals surface area contributed by atoms with Crippen LogP contribution in [0.3, 0.4) is 0 Å². The topological polar surface area (TPSA) is 105 Å². The fourth-order valence-corrected chi connectivity index (χ4v) is 2.87. The number of aromatic carboxylic acids is 1. The van der Waals surface area contributed by atoms with Crippen LogP contribution in [-0.2, 0) is 11.4 Å². The van der Waals surface area contributed by atoms with Crippen molar-refractivity contribution in [3.05, 3.63) is 70.1 Å². The van der Waals surface area contributed by atoms with Gasteiger partial charge in [-0.3, -0.25) is 4.79 Å². The average Bonchev–Trinajstić information content (AvgIpc) is 2.91. The molecule has 1 heterocycles. The zero-order chi connectivity index (χ0) is 17.8. The van der Waals surface area contributed by atoms with Gasteiger partial charge in [-0.25, -0.2) is 0 Å². The van der Waals surface area contributed by atoms with Gasteiger partial charge in [-0.1, -0.05) is 42.5 Å². The molecule has 0 aromatic heterocycles. The first kappa shape index (κ1) is 16.8. The van der Waals surface area contributed by atoms with Gasteiger partial charge in [0.05, 0.1) is 10.9 Å². The molecule has 2 aromatic carbocycles. The van der Waals surface area contributed by atoms with Crippen LogP contribution in [0.1, 0.15) is 21.5 Å². The maximum Gasteiger partial charge on any atom is 0.286 e. The van der Waals surface area contributed by atoms with E-state index in [2.05, 4.69) is 4.99 Å². The number of rotatable bonds is 5. The number of hydrogen-bond donors (Lipinski definition) is 1. The van der Waals surface area contributed by atoms with Crippen LogP contribution in [0.5, 0.6) is 5.75 Å². The second-order valence-corrected chi connectivity index (χ2v) is 6.24. The van der Waals surface area contributed by atoms with Crippen LogP contribution in [0.4, 0.5) is 0 Å². The number of benzene rings is 2. The van der Waals surface area contributed by atoms with Crippen molar-refractivity contribution in [1.82, 2.24) is 0 Å². The van der Waals surface area contributed by atoms with Crippen molar-refractivity contribution < 1.29 is 19.4 Å². The number of amidine groups is 1. The number of carbonyl (C=O) groups is 2. The van der Waals surface area contributed by atoms with E-state index >= 15 is 0 Å². The van der Waals surface area contributed by atoms with Gasteiger partial charge in [0.25, 0.3) is 5.91 Å². The van der Waals surface area contributed by atoms with Crippen molar-refractivity contribution in [2.24, 2.45) is 10.7 Å². The third kappa shape index (κ3) is 4.07. The zero-order valence-corrected chi connectivity index (χ0v) is 13.8. The summed E-state index contributed by atoms with van der Waals surface area (Å²) >= 11 is 1.12. The van der Waals surface area contributed by atoms with E-state index in [0.717, 1.165) is 22.9 Å². The Balaban J connectivity index is 1.74. The minimum atomic E-state index is -1.22. The molecular weight excluding hydrogens is 340 g/mol. The number of ether oxygens (including phenoxy) is 1. The molecule has 1 aliphatic heterocycles. The van der Waals surface area contributed by atoms with Gasteiger partial charge in [-0.15, -0.1) is 0 Å². The van der Waals surface area contributed by atoms with Crippen LogP contribution in [0, 0.1) is 0 Å². The predicted octanol–water partition coefficient (Wildman–Crippen LogP) is 1.56. The largest absolute Gasteiger partial charge is 0.545 e. The highest BCUT2D eigenvalue weighted by atomic mass is 32.2. The monoisotopic (exact) mass is 353 g/mol. The molecule has 2 aromatic rings. The molecule has 1 aliphatic rings. The number of amides is 1. The standard InChI is InChI=1S/C18H14N2O4S/c19-18-20-16(21)15(25-18)9-13-3-1-2-4-14(13)24-10-11-5-7-12(8-6-11)17(22)23/h1-9H,10H2,(H,22,23)(H2,19,20,21)/p-1/b15-9+. The van der Waals surface area contributed by atoms with Crippen molar-refractivity contribution in [2.45, 2.75) is 6.61 Å². The van der Waals surface area contributed by atoms with Gasteiger partial charge in [0.1, 0.15) is 12.4 Å². The van der Waals surface area contributed by atoms with Crippen LogP contribution in [-0.4, -0.2) is 17.0 Å². The van der Waals surface area contributed by atoms with Crippen molar-refractivity contribution in [1.29, 1.82) is 0 Å². The highest BCUT2D eigenvalue weighted by Crippen LogP contribution is 2.29. The number of nitrogens with zero attached hydrogens (tertiary/aromatic N) is 1. The lowest BCUT2D eigenvalue weighted by Gasteiger charge is -2.10. The van der Waals surface area contributed by atoms with E-state index in [4.69, 9.17) is 10.5 Å². The van der Waals surface area contributed by atoms with Gasteiger partial charge in [0.2, 0.25) is 0 Å². The fourth-order valence-electron chi connectivity index (χ4n) is 2.20. The molecule has 0 bridgehead atoms. The third-order valence-electron chi connectivity index (χ3n) is 3.43. The zero-order valence-electron chi connectivity index (χ0n) is 13.0. The number of para-hydroxylation sites is 1. The lowest BCUT2D eigenvalue weighted by atomic mass is 10.1. The third-order valence-corrected chi connectivity index (χ3v) is 4.24. The van der Waals surface area contributed by atoms with Crippen molar-refractivity contribution in [2.75, 3.05) is 0 Å². The van der Waals surface area contributed by atoms with E-state index in [1.54, 1.807) is 24.3 Å². The summed E-state index contributed by atoms with van der Waals surface area (Å²) in [5, 5.41) is 11.0. The van der Waals surface area contributed by atoms with Gasteiger partial charge in [0, 0.05) is 5.56 Å². The molecule has 2 N–H and O–H groups in total. The van der Waals surface area contributed by atoms with E-state index in [0.29, 0.717) is 10.7 Å². The molecule has 0 aliphatic carbocycles. The number of aliphatic imine (C=N–C) groups is 1. The van der Waals surface area contributed by atoms with Gasteiger partial charge < -0.3 is 20.4 Å². The molecule has 0 fully saturated rings. The molecule has 7 heteroatoms. The first-order valence-corrected chi connectivity index (χ1v) is 8.15. The van der Waals surface area contributed by atoms with E-state index in [1.165, 1.54) is 12.1 Å². The molecule has 25 heavy (non-hydrogen) atoms. The van der Waals surface area contributed by atoms with Crippen LogP contribution in [0.2, 0.25) is 0 Å². The molecular formula is C18H13N2O4S-. The Hall–Kier alpha value is -3.06. The van der Waals surface area contributed by atoms with Gasteiger partial charge in [0.15, 0.2) is 5.17 Å². The number of thioether (sulfide) groups is 1. The summed E-state index contributed by atoms with van der Waals surface area (Å²) in [5.74, 6) is -0.988. The SMILES string of the molecule is NC1=NC(=O)/C(=C\c2ccccc2OCc2ccc(C(=O)[O-])cc2)S1. The van der Waals surface area contributed by atoms with Crippen LogP contribution in [0.25, 0.3) is 6.08 Å². The molecule has 0 saturated heterocycles. The summed E-state index contributed by atoms with van der Waals surface area (Å²) in [6.07, 6.45) is 1.69. The summed E-state index contributed by atoms with van der Waals surface area (Å²) in [4.78, 5) is 26.6. The Morgan fingerprint density at radius 3 is 2.56 bits per heavy atom. The Labute approximate surface area is 148 Å². The molecule has 0 atom stereocenters. The smallest absolute Gasteiger partial charge is 0.286 e. The molecule has 6 nitrogen and oxygen atoms in total. The number of carboxylic acid groups (broad SMARTS) is 1. The van der Waals surface area contributed by atoms with Gasteiger partial charge in [-0.05, 0) is 35.0 Å². The van der Waals surface area contributed by atoms with Crippen LogP contribution in [0.15, 0.2) is 58.4 Å². The molecule has 1 amide bonds. The quantitative estimate of drug-likeness (QED) is 0.818. The highest BCUT2D eigenvalue weighted by Gasteiger charge is 2.20. The summed E-state index contributed by atoms with van der Waals surface area (Å²) in [7, 11) is 0.